The normalized spacial score (nSPS) is 10.4. The molecule has 2 aromatic carbocycles. The third-order valence-electron chi connectivity index (χ3n) is 3.98. The smallest absolute Gasteiger partial charge is 0.407 e. The number of rotatable bonds is 9. The van der Waals surface area contributed by atoms with Crippen molar-refractivity contribution in [3.8, 4) is 5.69 Å². The molecule has 0 unspecified atom stereocenters. The predicted molar refractivity (Wildman–Crippen MR) is 113 cm³/mol. The average molecular weight is 427 g/mol. The van der Waals surface area contributed by atoms with Crippen LogP contribution >= 0.6 is 11.8 Å². The summed E-state index contributed by atoms with van der Waals surface area (Å²) in [4.78, 5) is 24.7. The molecule has 10 heteroatoms. The van der Waals surface area contributed by atoms with Crippen molar-refractivity contribution in [2.24, 2.45) is 0 Å². The van der Waals surface area contributed by atoms with Crippen LogP contribution in [0.25, 0.3) is 5.69 Å². The van der Waals surface area contributed by atoms with E-state index in [9.17, 15) is 9.59 Å². The summed E-state index contributed by atoms with van der Waals surface area (Å²) in [6.07, 6.45) is -0.501. The Balaban J connectivity index is 1.59. The molecular formula is C20H22N6O3S. The summed E-state index contributed by atoms with van der Waals surface area (Å²) in [5.41, 5.74) is 1.43. The number of nitrogens with zero attached hydrogens (tertiary/aromatic N) is 4. The minimum absolute atomic E-state index is 0.216. The van der Waals surface area contributed by atoms with Crippen molar-refractivity contribution in [3.05, 3.63) is 66.0 Å². The number of hydrogen-bond donors (Lipinski definition) is 2. The second-order valence-corrected chi connectivity index (χ2v) is 7.05. The van der Waals surface area contributed by atoms with Gasteiger partial charge in [0.15, 0.2) is 5.82 Å². The highest BCUT2D eigenvalue weighted by Crippen LogP contribution is 2.26. The summed E-state index contributed by atoms with van der Waals surface area (Å²) in [6.45, 7) is 2.61. The molecule has 0 fully saturated rings. The first-order valence-electron chi connectivity index (χ1n) is 9.42. The lowest BCUT2D eigenvalue weighted by molar-refractivity contribution is 0.0949. The van der Waals surface area contributed by atoms with E-state index >= 15 is 0 Å². The van der Waals surface area contributed by atoms with Gasteiger partial charge in [0.1, 0.15) is 0 Å². The van der Waals surface area contributed by atoms with Crippen molar-refractivity contribution < 1.29 is 14.3 Å². The Morgan fingerprint density at radius 1 is 1.03 bits per heavy atom. The molecule has 156 valence electrons. The van der Waals surface area contributed by atoms with Crippen LogP contribution in [0.3, 0.4) is 0 Å². The van der Waals surface area contributed by atoms with Gasteiger partial charge in [0.25, 0.3) is 5.91 Å². The highest BCUT2D eigenvalue weighted by molar-refractivity contribution is 7.98. The van der Waals surface area contributed by atoms with E-state index in [-0.39, 0.29) is 12.5 Å². The summed E-state index contributed by atoms with van der Waals surface area (Å²) in [5.74, 6) is 0.961. The van der Waals surface area contributed by atoms with E-state index in [1.165, 1.54) is 11.8 Å². The summed E-state index contributed by atoms with van der Waals surface area (Å²) in [6, 6.07) is 17.0. The fraction of sp³-hybridized carbons (Fsp3) is 0.250. The van der Waals surface area contributed by atoms with Crippen molar-refractivity contribution in [3.63, 3.8) is 0 Å². The van der Waals surface area contributed by atoms with Crippen LogP contribution in [0.5, 0.6) is 0 Å². The maximum atomic E-state index is 12.6. The first kappa shape index (κ1) is 21.3. The number of benzene rings is 2. The van der Waals surface area contributed by atoms with Crippen LogP contribution in [-0.2, 0) is 10.5 Å². The molecule has 1 heterocycles. The van der Waals surface area contributed by atoms with E-state index in [4.69, 9.17) is 4.74 Å². The van der Waals surface area contributed by atoms with Gasteiger partial charge in [-0.2, -0.15) is 4.68 Å². The minimum Gasteiger partial charge on any atom is -0.450 e. The molecule has 3 rings (SSSR count). The molecule has 30 heavy (non-hydrogen) atoms. The van der Waals surface area contributed by atoms with E-state index in [2.05, 4.69) is 26.2 Å². The van der Waals surface area contributed by atoms with Crippen molar-refractivity contribution in [1.82, 2.24) is 30.8 Å². The van der Waals surface area contributed by atoms with Gasteiger partial charge in [-0.25, -0.2) is 4.79 Å². The number of carbonyl (C=O) groups is 2. The van der Waals surface area contributed by atoms with Gasteiger partial charge in [0.2, 0.25) is 0 Å². The summed E-state index contributed by atoms with van der Waals surface area (Å²) >= 11 is 1.48. The van der Waals surface area contributed by atoms with Gasteiger partial charge < -0.3 is 15.4 Å². The number of ether oxygens (including phenoxy) is 1. The zero-order valence-corrected chi connectivity index (χ0v) is 17.3. The van der Waals surface area contributed by atoms with Gasteiger partial charge in [-0.1, -0.05) is 30.3 Å². The molecule has 2 N–H and O–H groups in total. The van der Waals surface area contributed by atoms with Crippen molar-refractivity contribution in [2.75, 3.05) is 19.7 Å². The molecule has 0 aliphatic carbocycles. The molecule has 1 aromatic heterocycles. The first-order valence-corrected chi connectivity index (χ1v) is 10.4. The molecule has 0 spiro atoms. The summed E-state index contributed by atoms with van der Waals surface area (Å²) in [7, 11) is 0. The lowest BCUT2D eigenvalue weighted by Gasteiger charge is -2.10. The number of tetrazole rings is 1. The van der Waals surface area contributed by atoms with Crippen LogP contribution < -0.4 is 10.6 Å². The lowest BCUT2D eigenvalue weighted by atomic mass is 10.2. The maximum absolute atomic E-state index is 12.6. The maximum Gasteiger partial charge on any atom is 0.407 e. The number of aromatic nitrogens is 4. The molecule has 0 radical (unpaired) electrons. The van der Waals surface area contributed by atoms with Gasteiger partial charge in [0, 0.05) is 18.0 Å². The minimum atomic E-state index is -0.501. The number of amides is 2. The lowest BCUT2D eigenvalue weighted by Crippen LogP contribution is -2.35. The van der Waals surface area contributed by atoms with Crippen molar-refractivity contribution in [2.45, 2.75) is 17.6 Å². The number of thioether (sulfide) groups is 1. The van der Waals surface area contributed by atoms with Gasteiger partial charge in [0.05, 0.1) is 23.6 Å². The Morgan fingerprint density at radius 3 is 2.57 bits per heavy atom. The highest BCUT2D eigenvalue weighted by Gasteiger charge is 2.14. The molecule has 0 saturated carbocycles. The number of para-hydroxylation sites is 1. The molecule has 9 nitrogen and oxygen atoms in total. The molecule has 0 aliphatic heterocycles. The Hall–Kier alpha value is -3.40. The van der Waals surface area contributed by atoms with E-state index in [1.807, 2.05) is 48.5 Å². The van der Waals surface area contributed by atoms with E-state index in [1.54, 1.807) is 17.7 Å². The average Bonchev–Trinajstić information content (AvgIpc) is 3.25. The van der Waals surface area contributed by atoms with Gasteiger partial charge in [-0.3, -0.25) is 4.79 Å². The molecule has 3 aromatic rings. The number of hydrogen-bond acceptors (Lipinski definition) is 7. The Kier molecular flexibility index (Phi) is 7.78. The molecule has 0 aliphatic rings. The number of nitrogens with one attached hydrogen (secondary N) is 2. The second-order valence-electron chi connectivity index (χ2n) is 6.03. The Morgan fingerprint density at radius 2 is 1.77 bits per heavy atom. The second kappa shape index (κ2) is 11.0. The third kappa shape index (κ3) is 5.80. The quantitative estimate of drug-likeness (QED) is 0.399. The first-order chi connectivity index (χ1) is 14.7. The summed E-state index contributed by atoms with van der Waals surface area (Å²) in [5, 5.41) is 17.3. The standard InChI is InChI=1S/C20H22N6O3S/c1-2-29-20(28)22-13-12-21-19(27)16-10-6-7-11-17(16)30-14-18-23-24-25-26(18)15-8-4-3-5-9-15/h3-11H,2,12-14H2,1H3,(H,21,27)(H,22,28). The predicted octanol–water partition coefficient (Wildman–Crippen LogP) is 2.43. The van der Waals surface area contributed by atoms with Gasteiger partial charge in [-0.15, -0.1) is 16.9 Å². The molecule has 2 amide bonds. The highest BCUT2D eigenvalue weighted by atomic mass is 32.2. The zero-order valence-electron chi connectivity index (χ0n) is 16.4. The fourth-order valence-electron chi connectivity index (χ4n) is 2.61. The monoisotopic (exact) mass is 426 g/mol. The Labute approximate surface area is 178 Å². The molecule has 0 atom stereocenters. The van der Waals surface area contributed by atoms with E-state index < -0.39 is 6.09 Å². The SMILES string of the molecule is CCOC(=O)NCCNC(=O)c1ccccc1SCc1nnnn1-c1ccccc1. The topological polar surface area (TPSA) is 111 Å². The van der Waals surface area contributed by atoms with Crippen LogP contribution in [0.2, 0.25) is 0 Å². The van der Waals surface area contributed by atoms with Crippen LogP contribution in [-0.4, -0.2) is 51.9 Å². The van der Waals surface area contributed by atoms with Crippen LogP contribution in [0.15, 0.2) is 59.5 Å². The molecule has 0 saturated heterocycles. The third-order valence-corrected chi connectivity index (χ3v) is 5.05. The molecule has 0 bridgehead atoms. The number of alkyl carbamates (subject to hydrolysis) is 1. The van der Waals surface area contributed by atoms with Gasteiger partial charge in [-0.05, 0) is 41.6 Å². The summed E-state index contributed by atoms with van der Waals surface area (Å²) < 4.78 is 6.45. The van der Waals surface area contributed by atoms with E-state index in [0.29, 0.717) is 30.3 Å². The Bertz CT molecular complexity index is 979. The molecular weight excluding hydrogens is 404 g/mol. The van der Waals surface area contributed by atoms with Crippen LogP contribution in [0.1, 0.15) is 23.1 Å². The van der Waals surface area contributed by atoms with Gasteiger partial charge >= 0.3 is 6.09 Å². The number of carbonyl (C=O) groups excluding carboxylic acids is 2. The van der Waals surface area contributed by atoms with Crippen LogP contribution in [0.4, 0.5) is 4.79 Å². The van der Waals surface area contributed by atoms with Crippen molar-refractivity contribution >= 4 is 23.8 Å². The fourth-order valence-corrected chi connectivity index (χ4v) is 3.56. The van der Waals surface area contributed by atoms with E-state index in [0.717, 1.165) is 10.6 Å². The largest absolute Gasteiger partial charge is 0.450 e. The van der Waals surface area contributed by atoms with Crippen LogP contribution in [0, 0.1) is 0 Å². The van der Waals surface area contributed by atoms with Crippen molar-refractivity contribution in [1.29, 1.82) is 0 Å². The zero-order chi connectivity index (χ0) is 21.2.